The van der Waals surface area contributed by atoms with Crippen LogP contribution in [0.4, 0.5) is 13.2 Å². The number of rotatable bonds is 3. The van der Waals surface area contributed by atoms with Gasteiger partial charge in [-0.2, -0.15) is 12.7 Å². The van der Waals surface area contributed by atoms with Crippen LogP contribution in [0.3, 0.4) is 0 Å². The SMILES string of the molecule is O=S1(=O)NCCN1Cc1ccc(OC(F)(F)F)cc1. The van der Waals surface area contributed by atoms with Crippen molar-refractivity contribution in [2.24, 2.45) is 0 Å². The molecule has 2 rings (SSSR count). The average Bonchev–Trinajstić information content (AvgIpc) is 2.59. The first-order chi connectivity index (χ1) is 8.76. The highest BCUT2D eigenvalue weighted by Gasteiger charge is 2.31. The molecule has 0 spiro atoms. The van der Waals surface area contributed by atoms with E-state index < -0.39 is 16.6 Å². The molecule has 1 aromatic rings. The molecule has 1 aliphatic heterocycles. The van der Waals surface area contributed by atoms with Gasteiger partial charge in [-0.1, -0.05) is 12.1 Å². The number of benzene rings is 1. The summed E-state index contributed by atoms with van der Waals surface area (Å²) < 4.78 is 66.1. The Balaban J connectivity index is 2.03. The summed E-state index contributed by atoms with van der Waals surface area (Å²) in [4.78, 5) is 0. The zero-order valence-electron chi connectivity index (χ0n) is 9.64. The van der Waals surface area contributed by atoms with Crippen LogP contribution in [-0.2, 0) is 16.8 Å². The van der Waals surface area contributed by atoms with Crippen LogP contribution >= 0.6 is 0 Å². The molecule has 0 unspecified atom stereocenters. The molecule has 1 saturated heterocycles. The van der Waals surface area contributed by atoms with Gasteiger partial charge in [0.1, 0.15) is 5.75 Å². The number of nitrogens with zero attached hydrogens (tertiary/aromatic N) is 1. The molecular weight excluding hydrogens is 285 g/mol. The summed E-state index contributed by atoms with van der Waals surface area (Å²) in [5.41, 5.74) is 0.585. The first kappa shape index (κ1) is 14.1. The van der Waals surface area contributed by atoms with Crippen molar-refractivity contribution in [2.45, 2.75) is 12.9 Å². The van der Waals surface area contributed by atoms with E-state index in [0.29, 0.717) is 18.7 Å². The van der Waals surface area contributed by atoms with Gasteiger partial charge in [0.15, 0.2) is 0 Å². The van der Waals surface area contributed by atoms with Crippen LogP contribution in [0.25, 0.3) is 0 Å². The Kier molecular flexibility index (Phi) is 3.70. The fourth-order valence-electron chi connectivity index (χ4n) is 1.67. The predicted octanol–water partition coefficient (Wildman–Crippen LogP) is 1.24. The minimum Gasteiger partial charge on any atom is -0.406 e. The molecule has 19 heavy (non-hydrogen) atoms. The highest BCUT2D eigenvalue weighted by Crippen LogP contribution is 2.23. The minimum atomic E-state index is -4.73. The maximum Gasteiger partial charge on any atom is 0.573 e. The van der Waals surface area contributed by atoms with E-state index in [9.17, 15) is 21.6 Å². The summed E-state index contributed by atoms with van der Waals surface area (Å²) in [6.07, 6.45) is -4.73. The summed E-state index contributed by atoms with van der Waals surface area (Å²) in [7, 11) is -3.45. The van der Waals surface area contributed by atoms with Crippen molar-refractivity contribution < 1.29 is 26.3 Å². The molecule has 0 atom stereocenters. The van der Waals surface area contributed by atoms with Crippen molar-refractivity contribution >= 4 is 10.2 Å². The molecule has 0 bridgehead atoms. The molecule has 0 amide bonds. The van der Waals surface area contributed by atoms with Gasteiger partial charge >= 0.3 is 6.36 Å². The van der Waals surface area contributed by atoms with Gasteiger partial charge in [-0.15, -0.1) is 13.2 Å². The number of alkyl halides is 3. The Labute approximate surface area is 108 Å². The number of hydrogen-bond acceptors (Lipinski definition) is 3. The number of ether oxygens (including phenoxy) is 1. The fraction of sp³-hybridized carbons (Fsp3) is 0.400. The molecule has 0 saturated carbocycles. The van der Waals surface area contributed by atoms with Gasteiger partial charge in [0.05, 0.1) is 0 Å². The van der Waals surface area contributed by atoms with Crippen molar-refractivity contribution in [2.75, 3.05) is 13.1 Å². The first-order valence-electron chi connectivity index (χ1n) is 5.36. The Morgan fingerprint density at radius 1 is 1.26 bits per heavy atom. The van der Waals surface area contributed by atoms with Gasteiger partial charge in [0, 0.05) is 19.6 Å². The molecule has 1 fully saturated rings. The Morgan fingerprint density at radius 2 is 1.89 bits per heavy atom. The van der Waals surface area contributed by atoms with E-state index in [2.05, 4.69) is 9.46 Å². The van der Waals surface area contributed by atoms with Gasteiger partial charge in [0.2, 0.25) is 0 Å². The van der Waals surface area contributed by atoms with E-state index in [1.807, 2.05) is 0 Å². The monoisotopic (exact) mass is 296 g/mol. The Bertz CT molecular complexity index is 542. The third-order valence-electron chi connectivity index (χ3n) is 2.50. The van der Waals surface area contributed by atoms with Crippen molar-refractivity contribution in [3.8, 4) is 5.75 Å². The van der Waals surface area contributed by atoms with E-state index in [4.69, 9.17) is 0 Å². The van der Waals surface area contributed by atoms with Gasteiger partial charge in [-0.3, -0.25) is 0 Å². The normalized spacial score (nSPS) is 19.5. The molecule has 0 aliphatic carbocycles. The third-order valence-corrected chi connectivity index (χ3v) is 4.06. The van der Waals surface area contributed by atoms with Crippen molar-refractivity contribution in [3.05, 3.63) is 29.8 Å². The molecule has 0 radical (unpaired) electrons. The lowest BCUT2D eigenvalue weighted by molar-refractivity contribution is -0.274. The number of nitrogens with one attached hydrogen (secondary N) is 1. The van der Waals surface area contributed by atoms with Gasteiger partial charge < -0.3 is 4.74 Å². The molecule has 1 heterocycles. The average molecular weight is 296 g/mol. The standard InChI is InChI=1S/C10H11F3N2O3S/c11-10(12,13)18-9-3-1-8(2-4-9)7-15-6-5-14-19(15,16)17/h1-4,14H,5-7H2. The molecule has 1 N–H and O–H groups in total. The highest BCUT2D eigenvalue weighted by atomic mass is 32.2. The Hall–Kier alpha value is -1.32. The van der Waals surface area contributed by atoms with Crippen LogP contribution in [0.5, 0.6) is 5.75 Å². The topological polar surface area (TPSA) is 58.6 Å². The van der Waals surface area contributed by atoms with Crippen LogP contribution in [0.1, 0.15) is 5.56 Å². The van der Waals surface area contributed by atoms with Gasteiger partial charge in [-0.05, 0) is 17.7 Å². The lowest BCUT2D eigenvalue weighted by atomic mass is 10.2. The van der Waals surface area contributed by atoms with Crippen LogP contribution in [0.2, 0.25) is 0 Å². The zero-order valence-corrected chi connectivity index (χ0v) is 10.5. The van der Waals surface area contributed by atoms with Crippen LogP contribution in [0.15, 0.2) is 24.3 Å². The van der Waals surface area contributed by atoms with Crippen molar-refractivity contribution in [1.29, 1.82) is 0 Å². The predicted molar refractivity (Wildman–Crippen MR) is 60.5 cm³/mol. The largest absolute Gasteiger partial charge is 0.573 e. The second kappa shape index (κ2) is 4.99. The maximum absolute atomic E-state index is 12.0. The number of hydrogen-bond donors (Lipinski definition) is 1. The minimum absolute atomic E-state index is 0.113. The van der Waals surface area contributed by atoms with Crippen LogP contribution in [0, 0.1) is 0 Å². The van der Waals surface area contributed by atoms with E-state index in [0.717, 1.165) is 12.1 Å². The summed E-state index contributed by atoms with van der Waals surface area (Å²) >= 11 is 0. The molecule has 5 nitrogen and oxygen atoms in total. The molecule has 9 heteroatoms. The van der Waals surface area contributed by atoms with Crippen LogP contribution in [-0.4, -0.2) is 32.2 Å². The van der Waals surface area contributed by atoms with Crippen LogP contribution < -0.4 is 9.46 Å². The summed E-state index contributed by atoms with van der Waals surface area (Å²) in [6.45, 7) is 0.780. The smallest absolute Gasteiger partial charge is 0.406 e. The Morgan fingerprint density at radius 3 is 2.37 bits per heavy atom. The van der Waals surface area contributed by atoms with E-state index >= 15 is 0 Å². The van der Waals surface area contributed by atoms with E-state index in [-0.39, 0.29) is 12.3 Å². The molecule has 1 aromatic carbocycles. The zero-order chi connectivity index (χ0) is 14.1. The number of halogens is 3. The second-order valence-corrected chi connectivity index (χ2v) is 5.68. The molecule has 106 valence electrons. The summed E-state index contributed by atoms with van der Waals surface area (Å²) in [5, 5.41) is 0. The molecular formula is C10H11F3N2O3S. The van der Waals surface area contributed by atoms with E-state index in [1.54, 1.807) is 0 Å². The highest BCUT2D eigenvalue weighted by molar-refractivity contribution is 7.87. The second-order valence-electron chi connectivity index (χ2n) is 3.92. The summed E-state index contributed by atoms with van der Waals surface area (Å²) in [5.74, 6) is -0.335. The van der Waals surface area contributed by atoms with Gasteiger partial charge in [-0.25, -0.2) is 4.72 Å². The lowest BCUT2D eigenvalue weighted by Crippen LogP contribution is -2.29. The van der Waals surface area contributed by atoms with Gasteiger partial charge in [0.25, 0.3) is 10.2 Å². The third kappa shape index (κ3) is 3.82. The van der Waals surface area contributed by atoms with Crippen molar-refractivity contribution in [3.63, 3.8) is 0 Å². The lowest BCUT2D eigenvalue weighted by Gasteiger charge is -2.14. The first-order valence-corrected chi connectivity index (χ1v) is 6.80. The maximum atomic E-state index is 12.0. The molecule has 0 aromatic heterocycles. The summed E-state index contributed by atoms with van der Waals surface area (Å²) in [6, 6.07) is 5.10. The fourth-order valence-corrected chi connectivity index (χ4v) is 2.86. The quantitative estimate of drug-likeness (QED) is 0.913. The molecule has 1 aliphatic rings. The van der Waals surface area contributed by atoms with E-state index in [1.165, 1.54) is 16.4 Å². The van der Waals surface area contributed by atoms with Crippen molar-refractivity contribution in [1.82, 2.24) is 9.03 Å².